The molecule has 1 unspecified atom stereocenters. The van der Waals surface area contributed by atoms with Crippen molar-refractivity contribution in [3.63, 3.8) is 0 Å². The largest absolute Gasteiger partial charge is 0.480 e. The summed E-state index contributed by atoms with van der Waals surface area (Å²) in [5.74, 6) is -0.910. The Kier molecular flexibility index (Phi) is 3.94. The lowest BCUT2D eigenvalue weighted by Crippen LogP contribution is -2.48. The van der Waals surface area contributed by atoms with E-state index in [9.17, 15) is 9.59 Å². The predicted octanol–water partition coefficient (Wildman–Crippen LogP) is 1.04. The highest BCUT2D eigenvalue weighted by Gasteiger charge is 2.34. The van der Waals surface area contributed by atoms with Crippen LogP contribution >= 0.6 is 0 Å². The number of likely N-dealkylation sites (tertiary alicyclic amines) is 1. The zero-order valence-corrected chi connectivity index (χ0v) is 9.19. The Hall–Kier alpha value is -1.26. The summed E-state index contributed by atoms with van der Waals surface area (Å²) in [6.45, 7) is 4.42. The molecule has 0 aromatic carbocycles. The third kappa shape index (κ3) is 2.84. The van der Waals surface area contributed by atoms with Crippen LogP contribution in [0.2, 0.25) is 0 Å². The first-order valence-electron chi connectivity index (χ1n) is 5.36. The van der Waals surface area contributed by atoms with Crippen LogP contribution in [0, 0.1) is 0 Å². The number of amides is 2. The van der Waals surface area contributed by atoms with Crippen LogP contribution in [-0.4, -0.2) is 40.6 Å². The van der Waals surface area contributed by atoms with Gasteiger partial charge in [-0.25, -0.2) is 9.59 Å². The van der Waals surface area contributed by atoms with Crippen molar-refractivity contribution in [3.8, 4) is 0 Å². The number of carboxylic acid groups (broad SMARTS) is 1. The van der Waals surface area contributed by atoms with Gasteiger partial charge in [-0.05, 0) is 26.2 Å². The Balaban J connectivity index is 2.55. The summed E-state index contributed by atoms with van der Waals surface area (Å²) >= 11 is 0. The lowest BCUT2D eigenvalue weighted by Gasteiger charge is -2.23. The average molecular weight is 214 g/mol. The molecule has 0 aromatic rings. The maximum absolute atomic E-state index is 11.7. The van der Waals surface area contributed by atoms with Crippen molar-refractivity contribution in [1.29, 1.82) is 0 Å². The third-order valence-electron chi connectivity index (χ3n) is 2.78. The molecule has 5 heteroatoms. The van der Waals surface area contributed by atoms with E-state index in [0.29, 0.717) is 13.0 Å². The van der Waals surface area contributed by atoms with Crippen LogP contribution in [0.1, 0.15) is 33.1 Å². The van der Waals surface area contributed by atoms with Gasteiger partial charge in [0.25, 0.3) is 0 Å². The molecule has 86 valence electrons. The maximum atomic E-state index is 11.7. The molecule has 1 fully saturated rings. The molecule has 15 heavy (non-hydrogen) atoms. The van der Waals surface area contributed by atoms with Crippen molar-refractivity contribution < 1.29 is 14.7 Å². The number of hydrogen-bond acceptors (Lipinski definition) is 2. The van der Waals surface area contributed by atoms with Gasteiger partial charge >= 0.3 is 12.0 Å². The monoisotopic (exact) mass is 214 g/mol. The second-order valence-electron chi connectivity index (χ2n) is 3.95. The highest BCUT2D eigenvalue weighted by atomic mass is 16.4. The van der Waals surface area contributed by atoms with Crippen LogP contribution in [0.3, 0.4) is 0 Å². The smallest absolute Gasteiger partial charge is 0.326 e. The fraction of sp³-hybridized carbons (Fsp3) is 0.800. The highest BCUT2D eigenvalue weighted by molar-refractivity contribution is 5.83. The van der Waals surface area contributed by atoms with E-state index >= 15 is 0 Å². The normalized spacial score (nSPS) is 22.5. The first-order valence-corrected chi connectivity index (χ1v) is 5.36. The molecule has 2 N–H and O–H groups in total. The number of carbonyl (C=O) groups excluding carboxylic acids is 1. The van der Waals surface area contributed by atoms with Crippen LogP contribution in [0.25, 0.3) is 0 Å². The zero-order chi connectivity index (χ0) is 11.4. The number of carboxylic acids is 1. The van der Waals surface area contributed by atoms with Crippen LogP contribution in [-0.2, 0) is 4.79 Å². The number of urea groups is 1. The number of aliphatic carboxylic acids is 1. The molecule has 1 rings (SSSR count). The minimum atomic E-state index is -0.910. The molecule has 0 bridgehead atoms. The zero-order valence-electron chi connectivity index (χ0n) is 9.19. The van der Waals surface area contributed by atoms with E-state index in [0.717, 1.165) is 12.8 Å². The molecule has 0 saturated carbocycles. The number of rotatable bonds is 3. The summed E-state index contributed by atoms with van der Waals surface area (Å²) in [5, 5.41) is 11.7. The summed E-state index contributed by atoms with van der Waals surface area (Å²) in [4.78, 5) is 23.9. The van der Waals surface area contributed by atoms with E-state index < -0.39 is 12.0 Å². The van der Waals surface area contributed by atoms with Gasteiger partial charge in [-0.2, -0.15) is 0 Å². The van der Waals surface area contributed by atoms with Crippen molar-refractivity contribution >= 4 is 12.0 Å². The summed E-state index contributed by atoms with van der Waals surface area (Å²) in [6, 6.07) is -0.809. The topological polar surface area (TPSA) is 69.6 Å². The van der Waals surface area contributed by atoms with E-state index in [4.69, 9.17) is 5.11 Å². The number of carbonyl (C=O) groups is 2. The molecule has 0 aromatic heterocycles. The van der Waals surface area contributed by atoms with Gasteiger partial charge in [0.2, 0.25) is 0 Å². The van der Waals surface area contributed by atoms with Crippen LogP contribution < -0.4 is 5.32 Å². The minimum Gasteiger partial charge on any atom is -0.480 e. The molecule has 1 aliphatic heterocycles. The second kappa shape index (κ2) is 5.00. The number of nitrogens with zero attached hydrogens (tertiary/aromatic N) is 1. The third-order valence-corrected chi connectivity index (χ3v) is 2.78. The van der Waals surface area contributed by atoms with Crippen molar-refractivity contribution in [2.75, 3.05) is 6.54 Å². The minimum absolute atomic E-state index is 0.0903. The standard InChI is InChI=1S/C10H18N2O3/c1-3-7(2)11-10(15)12-6-4-5-8(12)9(13)14/h7-8H,3-6H2,1-2H3,(H,11,15)(H,13,14)/t7?,8-/m1/s1. The van der Waals surface area contributed by atoms with E-state index in [2.05, 4.69) is 5.32 Å². The lowest BCUT2D eigenvalue weighted by atomic mass is 10.2. The molecule has 2 atom stereocenters. The molecular weight excluding hydrogens is 196 g/mol. The first-order chi connectivity index (χ1) is 7.06. The second-order valence-corrected chi connectivity index (χ2v) is 3.95. The maximum Gasteiger partial charge on any atom is 0.326 e. The van der Waals surface area contributed by atoms with Gasteiger partial charge in [0.15, 0.2) is 0 Å². The SMILES string of the molecule is CCC(C)NC(=O)N1CCC[C@@H]1C(=O)O. The number of nitrogens with one attached hydrogen (secondary N) is 1. The Morgan fingerprint density at radius 2 is 2.27 bits per heavy atom. The van der Waals surface area contributed by atoms with Gasteiger partial charge in [-0.1, -0.05) is 6.92 Å². The van der Waals surface area contributed by atoms with Gasteiger partial charge < -0.3 is 15.3 Å². The van der Waals surface area contributed by atoms with Crippen molar-refractivity contribution in [2.45, 2.75) is 45.2 Å². The van der Waals surface area contributed by atoms with E-state index in [1.165, 1.54) is 4.90 Å². The van der Waals surface area contributed by atoms with Crippen LogP contribution in [0.5, 0.6) is 0 Å². The Bertz CT molecular complexity index is 255. The molecule has 0 spiro atoms. The molecular formula is C10H18N2O3. The molecule has 1 aliphatic rings. The summed E-state index contributed by atoms with van der Waals surface area (Å²) in [6.07, 6.45) is 2.17. The van der Waals surface area contributed by atoms with E-state index in [1.807, 2.05) is 13.8 Å². The molecule has 1 heterocycles. The van der Waals surface area contributed by atoms with Gasteiger partial charge in [0, 0.05) is 12.6 Å². The van der Waals surface area contributed by atoms with E-state index in [1.54, 1.807) is 0 Å². The number of hydrogen-bond donors (Lipinski definition) is 2. The van der Waals surface area contributed by atoms with E-state index in [-0.39, 0.29) is 12.1 Å². The van der Waals surface area contributed by atoms with Crippen molar-refractivity contribution in [1.82, 2.24) is 10.2 Å². The Labute approximate surface area is 89.4 Å². The predicted molar refractivity (Wildman–Crippen MR) is 55.6 cm³/mol. The van der Waals surface area contributed by atoms with Crippen molar-refractivity contribution in [3.05, 3.63) is 0 Å². The molecule has 0 radical (unpaired) electrons. The van der Waals surface area contributed by atoms with Gasteiger partial charge in [-0.3, -0.25) is 0 Å². The van der Waals surface area contributed by atoms with Crippen molar-refractivity contribution in [2.24, 2.45) is 0 Å². The summed E-state index contributed by atoms with van der Waals surface area (Å²) in [7, 11) is 0. The molecule has 1 saturated heterocycles. The first kappa shape index (κ1) is 11.8. The van der Waals surface area contributed by atoms with Gasteiger partial charge in [0.1, 0.15) is 6.04 Å². The quantitative estimate of drug-likeness (QED) is 0.737. The van der Waals surface area contributed by atoms with Crippen LogP contribution in [0.4, 0.5) is 4.79 Å². The fourth-order valence-corrected chi connectivity index (χ4v) is 1.66. The average Bonchev–Trinajstić information content (AvgIpc) is 2.65. The summed E-state index contributed by atoms with van der Waals surface area (Å²) < 4.78 is 0. The van der Waals surface area contributed by atoms with Gasteiger partial charge in [-0.15, -0.1) is 0 Å². The fourth-order valence-electron chi connectivity index (χ4n) is 1.66. The lowest BCUT2D eigenvalue weighted by molar-refractivity contribution is -0.141. The molecule has 2 amide bonds. The highest BCUT2D eigenvalue weighted by Crippen LogP contribution is 2.17. The molecule has 0 aliphatic carbocycles. The van der Waals surface area contributed by atoms with Crippen LogP contribution in [0.15, 0.2) is 0 Å². The van der Waals surface area contributed by atoms with Gasteiger partial charge in [0.05, 0.1) is 0 Å². The molecule has 5 nitrogen and oxygen atoms in total. The Morgan fingerprint density at radius 1 is 1.60 bits per heavy atom. The summed E-state index contributed by atoms with van der Waals surface area (Å²) in [5.41, 5.74) is 0. The Morgan fingerprint density at radius 3 is 2.80 bits per heavy atom.